The Hall–Kier alpha value is -3.08. The van der Waals surface area contributed by atoms with Crippen molar-refractivity contribution < 1.29 is 28.6 Å². The lowest BCUT2D eigenvalue weighted by Crippen LogP contribution is -2.43. The zero-order valence-corrected chi connectivity index (χ0v) is 16.1. The molecule has 150 valence electrons. The first-order chi connectivity index (χ1) is 13.4. The predicted molar refractivity (Wildman–Crippen MR) is 98.1 cm³/mol. The van der Waals surface area contributed by atoms with Crippen LogP contribution in [0.2, 0.25) is 0 Å². The van der Waals surface area contributed by atoms with E-state index in [9.17, 15) is 14.4 Å². The second kappa shape index (κ2) is 10.3. The van der Waals surface area contributed by atoms with Crippen molar-refractivity contribution in [1.82, 2.24) is 4.90 Å². The van der Waals surface area contributed by atoms with Gasteiger partial charge in [-0.05, 0) is 51.0 Å². The largest absolute Gasteiger partial charge is 0.479 e. The number of benzene rings is 1. The number of rotatable bonds is 7. The molecule has 1 aromatic carbocycles. The molecule has 1 saturated heterocycles. The van der Waals surface area contributed by atoms with Gasteiger partial charge in [-0.1, -0.05) is 0 Å². The smallest absolute Gasteiger partial charge is 0.347 e. The van der Waals surface area contributed by atoms with Gasteiger partial charge in [0.1, 0.15) is 5.75 Å². The molecule has 1 aromatic rings. The maximum atomic E-state index is 12.2. The number of carbonyl (C=O) groups excluding carboxylic acids is 3. The quantitative estimate of drug-likeness (QED) is 0.654. The molecule has 1 amide bonds. The highest BCUT2D eigenvalue weighted by Crippen LogP contribution is 2.19. The van der Waals surface area contributed by atoms with Crippen LogP contribution in [-0.4, -0.2) is 55.2 Å². The van der Waals surface area contributed by atoms with Gasteiger partial charge in [0.05, 0.1) is 24.2 Å². The summed E-state index contributed by atoms with van der Waals surface area (Å²) >= 11 is 0. The fourth-order valence-electron chi connectivity index (χ4n) is 2.83. The maximum absolute atomic E-state index is 12.2. The van der Waals surface area contributed by atoms with Crippen LogP contribution in [0.3, 0.4) is 0 Å². The van der Waals surface area contributed by atoms with E-state index in [1.165, 1.54) is 6.92 Å². The SMILES string of the molecule is CCOC(=O)C1CCN(C(=O)COC(=O)[C@@H](C)Oc2ccc(C#N)cc2)CC1. The van der Waals surface area contributed by atoms with Crippen LogP contribution in [0.1, 0.15) is 32.3 Å². The van der Waals surface area contributed by atoms with Gasteiger partial charge in [0.15, 0.2) is 12.7 Å². The van der Waals surface area contributed by atoms with Gasteiger partial charge in [-0.25, -0.2) is 4.79 Å². The van der Waals surface area contributed by atoms with E-state index in [0.29, 0.717) is 43.9 Å². The number of hydrogen-bond acceptors (Lipinski definition) is 7. The first-order valence-corrected chi connectivity index (χ1v) is 9.22. The lowest BCUT2D eigenvalue weighted by Gasteiger charge is -2.30. The Balaban J connectivity index is 1.73. The monoisotopic (exact) mass is 388 g/mol. The zero-order chi connectivity index (χ0) is 20.5. The number of carbonyl (C=O) groups is 3. The van der Waals surface area contributed by atoms with Gasteiger partial charge in [-0.3, -0.25) is 9.59 Å². The van der Waals surface area contributed by atoms with Crippen molar-refractivity contribution in [1.29, 1.82) is 5.26 Å². The van der Waals surface area contributed by atoms with Gasteiger partial charge in [0.2, 0.25) is 0 Å². The fourth-order valence-corrected chi connectivity index (χ4v) is 2.83. The molecule has 0 bridgehead atoms. The second-order valence-corrected chi connectivity index (χ2v) is 6.41. The number of amides is 1. The molecule has 0 aliphatic carbocycles. The summed E-state index contributed by atoms with van der Waals surface area (Å²) < 4.78 is 15.5. The summed E-state index contributed by atoms with van der Waals surface area (Å²) in [6, 6.07) is 8.32. The van der Waals surface area contributed by atoms with Crippen molar-refractivity contribution in [2.75, 3.05) is 26.3 Å². The van der Waals surface area contributed by atoms with Gasteiger partial charge >= 0.3 is 11.9 Å². The first-order valence-electron chi connectivity index (χ1n) is 9.22. The van der Waals surface area contributed by atoms with E-state index in [2.05, 4.69) is 0 Å². The van der Waals surface area contributed by atoms with E-state index in [1.807, 2.05) is 6.07 Å². The van der Waals surface area contributed by atoms with Crippen molar-refractivity contribution >= 4 is 17.8 Å². The van der Waals surface area contributed by atoms with Crippen molar-refractivity contribution in [3.05, 3.63) is 29.8 Å². The number of ether oxygens (including phenoxy) is 3. The Kier molecular flexibility index (Phi) is 7.81. The van der Waals surface area contributed by atoms with Crippen LogP contribution in [0.5, 0.6) is 5.75 Å². The third-order valence-electron chi connectivity index (χ3n) is 4.43. The number of esters is 2. The Morgan fingerprint density at radius 1 is 1.18 bits per heavy atom. The summed E-state index contributed by atoms with van der Waals surface area (Å²) in [6.45, 7) is 4.11. The van der Waals surface area contributed by atoms with Crippen molar-refractivity contribution in [2.24, 2.45) is 5.92 Å². The van der Waals surface area contributed by atoms with Crippen LogP contribution in [0.25, 0.3) is 0 Å². The first kappa shape index (κ1) is 21.2. The van der Waals surface area contributed by atoms with Gasteiger partial charge in [-0.15, -0.1) is 0 Å². The highest BCUT2D eigenvalue weighted by Gasteiger charge is 2.29. The molecule has 0 N–H and O–H groups in total. The highest BCUT2D eigenvalue weighted by molar-refractivity contribution is 5.82. The summed E-state index contributed by atoms with van der Waals surface area (Å²) in [5, 5.41) is 8.77. The molecule has 1 fully saturated rings. The standard InChI is InChI=1S/C20H24N2O6/c1-3-26-20(25)16-8-10-22(11-9-16)18(23)13-27-19(24)14(2)28-17-6-4-15(12-21)5-7-17/h4-7,14,16H,3,8-11,13H2,1-2H3/t14-/m1/s1. The summed E-state index contributed by atoms with van der Waals surface area (Å²) in [5.74, 6) is -0.946. The Morgan fingerprint density at radius 3 is 2.39 bits per heavy atom. The molecular formula is C20H24N2O6. The van der Waals surface area contributed by atoms with E-state index in [0.717, 1.165) is 0 Å². The van der Waals surface area contributed by atoms with Gasteiger partial charge in [-0.2, -0.15) is 5.26 Å². The fraction of sp³-hybridized carbons (Fsp3) is 0.500. The van der Waals surface area contributed by atoms with Crippen LogP contribution in [0.15, 0.2) is 24.3 Å². The van der Waals surface area contributed by atoms with Gasteiger partial charge in [0.25, 0.3) is 5.91 Å². The molecule has 1 heterocycles. The van der Waals surface area contributed by atoms with E-state index >= 15 is 0 Å². The Bertz CT molecular complexity index is 732. The van der Waals surface area contributed by atoms with E-state index in [1.54, 1.807) is 36.1 Å². The molecule has 1 aliphatic heterocycles. The highest BCUT2D eigenvalue weighted by atomic mass is 16.6. The lowest BCUT2D eigenvalue weighted by atomic mass is 9.97. The average Bonchev–Trinajstić information content (AvgIpc) is 2.72. The van der Waals surface area contributed by atoms with E-state index in [4.69, 9.17) is 19.5 Å². The molecule has 0 radical (unpaired) electrons. The normalized spacial score (nSPS) is 15.2. The summed E-state index contributed by atoms with van der Waals surface area (Å²) in [4.78, 5) is 37.6. The number of piperidine rings is 1. The molecular weight excluding hydrogens is 364 g/mol. The Labute approximate surface area is 164 Å². The molecule has 2 rings (SSSR count). The number of likely N-dealkylation sites (tertiary alicyclic amines) is 1. The molecule has 0 aromatic heterocycles. The van der Waals surface area contributed by atoms with Crippen LogP contribution < -0.4 is 4.74 Å². The molecule has 8 nitrogen and oxygen atoms in total. The van der Waals surface area contributed by atoms with E-state index in [-0.39, 0.29) is 24.4 Å². The van der Waals surface area contributed by atoms with Crippen LogP contribution in [0, 0.1) is 17.2 Å². The molecule has 1 atom stereocenters. The van der Waals surface area contributed by atoms with E-state index < -0.39 is 12.1 Å². The molecule has 28 heavy (non-hydrogen) atoms. The second-order valence-electron chi connectivity index (χ2n) is 6.41. The topological polar surface area (TPSA) is 106 Å². The summed E-state index contributed by atoms with van der Waals surface area (Å²) in [6.07, 6.45) is 0.184. The van der Waals surface area contributed by atoms with Gasteiger partial charge < -0.3 is 19.1 Å². The van der Waals surface area contributed by atoms with Gasteiger partial charge in [0, 0.05) is 13.1 Å². The minimum Gasteiger partial charge on any atom is -0.479 e. The van der Waals surface area contributed by atoms with Crippen LogP contribution in [-0.2, 0) is 23.9 Å². The third kappa shape index (κ3) is 5.98. The summed E-state index contributed by atoms with van der Waals surface area (Å²) in [5.41, 5.74) is 0.486. The molecule has 0 spiro atoms. The van der Waals surface area contributed by atoms with Crippen LogP contribution >= 0.6 is 0 Å². The third-order valence-corrected chi connectivity index (χ3v) is 4.43. The lowest BCUT2D eigenvalue weighted by molar-refractivity contribution is -0.158. The zero-order valence-electron chi connectivity index (χ0n) is 16.1. The summed E-state index contributed by atoms with van der Waals surface area (Å²) in [7, 11) is 0. The Morgan fingerprint density at radius 2 is 1.82 bits per heavy atom. The number of nitrogens with zero attached hydrogens (tertiary/aromatic N) is 2. The van der Waals surface area contributed by atoms with Crippen molar-refractivity contribution in [2.45, 2.75) is 32.8 Å². The van der Waals surface area contributed by atoms with Crippen molar-refractivity contribution in [3.63, 3.8) is 0 Å². The number of hydrogen-bond donors (Lipinski definition) is 0. The minimum atomic E-state index is -0.893. The van der Waals surface area contributed by atoms with Crippen molar-refractivity contribution in [3.8, 4) is 11.8 Å². The predicted octanol–water partition coefficient (Wildman–Crippen LogP) is 1.67. The van der Waals surface area contributed by atoms with Crippen LogP contribution in [0.4, 0.5) is 0 Å². The molecule has 0 unspecified atom stereocenters. The molecule has 0 saturated carbocycles. The average molecular weight is 388 g/mol. The minimum absolute atomic E-state index is 0.188. The molecule has 8 heteroatoms. The maximum Gasteiger partial charge on any atom is 0.347 e. The molecule has 1 aliphatic rings. The number of nitriles is 1.